The first kappa shape index (κ1) is 7.54. The molecule has 0 aromatic heterocycles. The Kier molecular flexibility index (Phi) is 1.34. The van der Waals surface area contributed by atoms with Gasteiger partial charge in [-0.05, 0) is 6.92 Å². The van der Waals surface area contributed by atoms with Crippen molar-refractivity contribution in [3.05, 3.63) is 0 Å². The molecular weight excluding hydrogens is 146 g/mol. The highest BCUT2D eigenvalue weighted by atomic mass is 16.2. The number of ketones is 1. The van der Waals surface area contributed by atoms with Crippen molar-refractivity contribution in [2.45, 2.75) is 12.5 Å². The molecule has 58 valence electrons. The van der Waals surface area contributed by atoms with Crippen LogP contribution in [-0.4, -0.2) is 28.8 Å². The molecular formula is C6H7N3O2. The summed E-state index contributed by atoms with van der Waals surface area (Å²) in [6.45, 7) is 1.40. The van der Waals surface area contributed by atoms with Crippen LogP contribution in [-0.2, 0) is 4.79 Å². The minimum absolute atomic E-state index is 0.133. The quantitative estimate of drug-likeness (QED) is 0.502. The van der Waals surface area contributed by atoms with Crippen molar-refractivity contribution < 1.29 is 9.59 Å². The summed E-state index contributed by atoms with van der Waals surface area (Å²) in [5.74, 6) is -0.334. The Hall–Kier alpha value is -1.57. The van der Waals surface area contributed by atoms with E-state index in [-0.39, 0.29) is 12.3 Å². The maximum absolute atomic E-state index is 10.8. The Morgan fingerprint density at radius 1 is 1.73 bits per heavy atom. The largest absolute Gasteiger partial charge is 0.351 e. The number of nitriles is 1. The lowest BCUT2D eigenvalue weighted by atomic mass is 10.1. The number of nitrogens with two attached hydrogens (primary N) is 1. The van der Waals surface area contributed by atoms with E-state index in [1.165, 1.54) is 6.92 Å². The number of carbonyl (C=O) groups is 2. The van der Waals surface area contributed by atoms with Crippen LogP contribution in [0.1, 0.15) is 6.92 Å². The number of rotatable bonds is 1. The van der Waals surface area contributed by atoms with E-state index in [4.69, 9.17) is 11.0 Å². The van der Waals surface area contributed by atoms with Gasteiger partial charge in [0, 0.05) is 0 Å². The highest BCUT2D eigenvalue weighted by Crippen LogP contribution is 2.31. The van der Waals surface area contributed by atoms with E-state index in [0.717, 1.165) is 4.90 Å². The van der Waals surface area contributed by atoms with Crippen molar-refractivity contribution >= 4 is 11.8 Å². The molecule has 5 heteroatoms. The number of nitrogens with zero attached hydrogens (tertiary/aromatic N) is 2. The Morgan fingerprint density at radius 3 is 2.36 bits per heavy atom. The normalized spacial score (nSPS) is 27.5. The summed E-state index contributed by atoms with van der Waals surface area (Å²) in [6.07, 6.45) is 0. The van der Waals surface area contributed by atoms with Crippen molar-refractivity contribution in [1.82, 2.24) is 4.90 Å². The van der Waals surface area contributed by atoms with Gasteiger partial charge in [0.1, 0.15) is 6.07 Å². The number of primary amides is 1. The van der Waals surface area contributed by atoms with Crippen LogP contribution >= 0.6 is 0 Å². The molecule has 1 rings (SSSR count). The third kappa shape index (κ3) is 0.835. The van der Waals surface area contributed by atoms with Crippen LogP contribution in [0, 0.1) is 11.3 Å². The summed E-state index contributed by atoms with van der Waals surface area (Å²) in [6, 6.07) is 1.04. The summed E-state index contributed by atoms with van der Waals surface area (Å²) in [5.41, 5.74) is 3.63. The molecule has 1 aliphatic heterocycles. The maximum atomic E-state index is 10.8. The molecule has 0 aromatic rings. The number of Topliss-reactive ketones (excluding diaryl/α,β-unsaturated/α-hetero) is 1. The van der Waals surface area contributed by atoms with E-state index in [0.29, 0.717) is 0 Å². The lowest BCUT2D eigenvalue weighted by Crippen LogP contribution is -2.31. The summed E-state index contributed by atoms with van der Waals surface area (Å²) >= 11 is 0. The molecule has 1 heterocycles. The standard InChI is InChI=1S/C6H7N3O2/c1-4(10)6(2-7)3-9(6)5(8)11/h3H2,1H3,(H2,8,11). The first-order valence-electron chi connectivity index (χ1n) is 3.04. The monoisotopic (exact) mass is 153 g/mol. The van der Waals surface area contributed by atoms with E-state index in [1.807, 2.05) is 0 Å². The van der Waals surface area contributed by atoms with Crippen LogP contribution < -0.4 is 5.73 Å². The lowest BCUT2D eigenvalue weighted by molar-refractivity contribution is -0.118. The van der Waals surface area contributed by atoms with E-state index in [9.17, 15) is 9.59 Å². The summed E-state index contributed by atoms with van der Waals surface area (Å²) in [7, 11) is 0. The highest BCUT2D eigenvalue weighted by molar-refractivity contribution is 5.98. The summed E-state index contributed by atoms with van der Waals surface area (Å²) in [5, 5.41) is 8.53. The average molecular weight is 153 g/mol. The molecule has 0 aliphatic carbocycles. The van der Waals surface area contributed by atoms with Crippen LogP contribution in [0.15, 0.2) is 0 Å². The Bertz CT molecular complexity index is 267. The zero-order valence-corrected chi connectivity index (χ0v) is 6.00. The molecule has 1 atom stereocenters. The van der Waals surface area contributed by atoms with Gasteiger partial charge >= 0.3 is 6.03 Å². The van der Waals surface area contributed by atoms with Gasteiger partial charge in [-0.25, -0.2) is 4.79 Å². The second-order valence-corrected chi connectivity index (χ2v) is 2.45. The SMILES string of the molecule is CC(=O)C1(C#N)CN1C(N)=O. The predicted octanol–water partition coefficient (Wildman–Crippen LogP) is -0.768. The molecule has 0 spiro atoms. The molecule has 2 N–H and O–H groups in total. The van der Waals surface area contributed by atoms with E-state index < -0.39 is 11.6 Å². The smallest absolute Gasteiger partial charge is 0.316 e. The van der Waals surface area contributed by atoms with Gasteiger partial charge in [0.25, 0.3) is 0 Å². The average Bonchev–Trinajstić information content (AvgIpc) is 2.62. The van der Waals surface area contributed by atoms with Crippen molar-refractivity contribution in [3.8, 4) is 6.07 Å². The van der Waals surface area contributed by atoms with Gasteiger partial charge in [0.15, 0.2) is 5.78 Å². The van der Waals surface area contributed by atoms with Crippen LogP contribution in [0.25, 0.3) is 0 Å². The molecule has 1 aliphatic rings. The van der Waals surface area contributed by atoms with Crippen molar-refractivity contribution in [2.75, 3.05) is 6.54 Å². The fourth-order valence-corrected chi connectivity index (χ4v) is 0.935. The molecule has 11 heavy (non-hydrogen) atoms. The predicted molar refractivity (Wildman–Crippen MR) is 35.3 cm³/mol. The van der Waals surface area contributed by atoms with Crippen molar-refractivity contribution in [1.29, 1.82) is 5.26 Å². The molecule has 5 nitrogen and oxygen atoms in total. The summed E-state index contributed by atoms with van der Waals surface area (Å²) in [4.78, 5) is 22.3. The molecule has 1 fully saturated rings. The number of urea groups is 1. The second kappa shape index (κ2) is 1.95. The second-order valence-electron chi connectivity index (χ2n) is 2.45. The van der Waals surface area contributed by atoms with E-state index >= 15 is 0 Å². The third-order valence-electron chi connectivity index (χ3n) is 1.78. The molecule has 0 radical (unpaired) electrons. The first-order chi connectivity index (χ1) is 5.04. The molecule has 1 saturated heterocycles. The fourth-order valence-electron chi connectivity index (χ4n) is 0.935. The van der Waals surface area contributed by atoms with E-state index in [1.54, 1.807) is 6.07 Å². The van der Waals surface area contributed by atoms with Gasteiger partial charge in [0.2, 0.25) is 5.54 Å². The summed E-state index contributed by atoms with van der Waals surface area (Å²) < 4.78 is 0. The molecule has 1 unspecified atom stereocenters. The van der Waals surface area contributed by atoms with Crippen LogP contribution in [0.2, 0.25) is 0 Å². The molecule has 0 bridgehead atoms. The van der Waals surface area contributed by atoms with Crippen LogP contribution in [0.5, 0.6) is 0 Å². The van der Waals surface area contributed by atoms with Crippen molar-refractivity contribution in [2.24, 2.45) is 5.73 Å². The zero-order valence-electron chi connectivity index (χ0n) is 6.00. The minimum Gasteiger partial charge on any atom is -0.351 e. The van der Waals surface area contributed by atoms with Gasteiger partial charge in [-0.2, -0.15) is 5.26 Å². The van der Waals surface area contributed by atoms with Gasteiger partial charge in [-0.3, -0.25) is 9.69 Å². The Morgan fingerprint density at radius 2 is 2.27 bits per heavy atom. The van der Waals surface area contributed by atoms with Gasteiger partial charge in [-0.1, -0.05) is 0 Å². The molecule has 0 saturated carbocycles. The van der Waals surface area contributed by atoms with Gasteiger partial charge in [0.05, 0.1) is 6.54 Å². The number of hydrogen-bond donors (Lipinski definition) is 1. The fraction of sp³-hybridized carbons (Fsp3) is 0.500. The molecule has 2 amide bonds. The number of hydrogen-bond acceptors (Lipinski definition) is 3. The van der Waals surface area contributed by atoms with Crippen molar-refractivity contribution in [3.63, 3.8) is 0 Å². The van der Waals surface area contributed by atoms with Gasteiger partial charge in [-0.15, -0.1) is 0 Å². The van der Waals surface area contributed by atoms with E-state index in [2.05, 4.69) is 0 Å². The molecule has 0 aromatic carbocycles. The Labute approximate surface area is 63.4 Å². The highest BCUT2D eigenvalue weighted by Gasteiger charge is 2.59. The topological polar surface area (TPSA) is 87.0 Å². The van der Waals surface area contributed by atoms with Crippen LogP contribution in [0.4, 0.5) is 4.79 Å². The Balaban J connectivity index is 2.82. The third-order valence-corrected chi connectivity index (χ3v) is 1.78. The maximum Gasteiger partial charge on any atom is 0.316 e. The zero-order chi connectivity index (χ0) is 8.65. The minimum atomic E-state index is -1.24. The van der Waals surface area contributed by atoms with Crippen LogP contribution in [0.3, 0.4) is 0 Å². The van der Waals surface area contributed by atoms with Gasteiger partial charge < -0.3 is 5.73 Å². The number of carbonyl (C=O) groups excluding carboxylic acids is 2. The lowest BCUT2D eigenvalue weighted by Gasteiger charge is -2.01. The first-order valence-corrected chi connectivity index (χ1v) is 3.04. The number of amides is 2.